The van der Waals surface area contributed by atoms with Crippen LogP contribution in [0.4, 0.5) is 10.7 Å². The van der Waals surface area contributed by atoms with Crippen molar-refractivity contribution in [1.82, 2.24) is 0 Å². The van der Waals surface area contributed by atoms with Gasteiger partial charge in [0, 0.05) is 17.0 Å². The summed E-state index contributed by atoms with van der Waals surface area (Å²) in [6.07, 6.45) is -0.0202. The Kier molecular flexibility index (Phi) is 6.57. The van der Waals surface area contributed by atoms with Crippen LogP contribution >= 0.6 is 22.7 Å². The van der Waals surface area contributed by atoms with Crippen LogP contribution in [0.15, 0.2) is 53.2 Å². The molecule has 3 amide bonds. The molecule has 1 aromatic carbocycles. The Labute approximate surface area is 198 Å². The maximum absolute atomic E-state index is 13.0. The number of anilines is 2. The Morgan fingerprint density at radius 1 is 1.12 bits per heavy atom. The zero-order valence-corrected chi connectivity index (χ0v) is 19.3. The fraction of sp³-hybridized carbons (Fsp3) is 0.217. The van der Waals surface area contributed by atoms with Gasteiger partial charge in [-0.25, -0.2) is 0 Å². The highest BCUT2D eigenvalue weighted by Crippen LogP contribution is 2.43. The zero-order valence-electron chi connectivity index (χ0n) is 17.6. The van der Waals surface area contributed by atoms with Crippen LogP contribution in [-0.4, -0.2) is 30.3 Å². The van der Waals surface area contributed by atoms with E-state index in [1.165, 1.54) is 17.4 Å². The topological polar surface area (TPSA) is 119 Å². The predicted octanol–water partition coefficient (Wildman–Crippen LogP) is 3.49. The minimum Gasteiger partial charge on any atom is -0.455 e. The highest BCUT2D eigenvalue weighted by atomic mass is 32.1. The van der Waals surface area contributed by atoms with E-state index in [4.69, 9.17) is 10.5 Å². The Hall–Kier alpha value is -3.50. The van der Waals surface area contributed by atoms with Gasteiger partial charge in [-0.3, -0.25) is 19.2 Å². The molecule has 0 saturated carbocycles. The van der Waals surface area contributed by atoms with Crippen molar-refractivity contribution >= 4 is 57.1 Å². The lowest BCUT2D eigenvalue weighted by atomic mass is 9.99. The number of amides is 3. The van der Waals surface area contributed by atoms with Gasteiger partial charge < -0.3 is 20.7 Å². The highest BCUT2D eigenvalue weighted by Gasteiger charge is 2.46. The van der Waals surface area contributed by atoms with E-state index in [2.05, 4.69) is 5.32 Å². The summed E-state index contributed by atoms with van der Waals surface area (Å²) in [6, 6.07) is 12.3. The van der Waals surface area contributed by atoms with Gasteiger partial charge in [-0.15, -0.1) is 22.7 Å². The molecule has 1 aliphatic heterocycles. The third kappa shape index (κ3) is 4.81. The van der Waals surface area contributed by atoms with Crippen LogP contribution in [0.25, 0.3) is 0 Å². The molecule has 10 heteroatoms. The monoisotopic (exact) mass is 483 g/mol. The molecule has 2 unspecified atom stereocenters. The molecule has 1 fully saturated rings. The smallest absolute Gasteiger partial charge is 0.312 e. The maximum Gasteiger partial charge on any atom is 0.312 e. The number of nitrogens with one attached hydrogen (secondary N) is 1. The molecule has 1 saturated heterocycles. The SMILES string of the molecule is Cc1ccc(N2C(=O)CC(C(=O)OCC(=O)Nc3sccc3C(N)=O)C2c2cccs2)cc1. The lowest BCUT2D eigenvalue weighted by Crippen LogP contribution is -2.31. The molecule has 0 spiro atoms. The summed E-state index contributed by atoms with van der Waals surface area (Å²) >= 11 is 2.59. The van der Waals surface area contributed by atoms with Crippen LogP contribution in [0.5, 0.6) is 0 Å². The first-order valence-corrected chi connectivity index (χ1v) is 11.9. The summed E-state index contributed by atoms with van der Waals surface area (Å²) in [4.78, 5) is 52.1. The summed E-state index contributed by atoms with van der Waals surface area (Å²) < 4.78 is 5.28. The van der Waals surface area contributed by atoms with Gasteiger partial charge in [-0.1, -0.05) is 23.8 Å². The number of thiophene rings is 2. The first-order chi connectivity index (χ1) is 15.8. The van der Waals surface area contributed by atoms with Crippen molar-refractivity contribution in [2.24, 2.45) is 11.7 Å². The molecule has 33 heavy (non-hydrogen) atoms. The van der Waals surface area contributed by atoms with Crippen molar-refractivity contribution < 1.29 is 23.9 Å². The van der Waals surface area contributed by atoms with Crippen LogP contribution in [0.3, 0.4) is 0 Å². The predicted molar refractivity (Wildman–Crippen MR) is 126 cm³/mol. The fourth-order valence-electron chi connectivity index (χ4n) is 3.75. The number of rotatable bonds is 7. The number of hydrogen-bond acceptors (Lipinski definition) is 7. The van der Waals surface area contributed by atoms with E-state index < -0.39 is 36.4 Å². The van der Waals surface area contributed by atoms with Gasteiger partial charge in [0.2, 0.25) is 5.91 Å². The van der Waals surface area contributed by atoms with E-state index in [1.807, 2.05) is 48.7 Å². The molecule has 3 aromatic rings. The van der Waals surface area contributed by atoms with Crippen LogP contribution in [-0.2, 0) is 19.1 Å². The number of hydrogen-bond donors (Lipinski definition) is 2. The number of nitrogens with two attached hydrogens (primary N) is 1. The molecule has 1 aliphatic rings. The molecule has 2 aromatic heterocycles. The van der Waals surface area contributed by atoms with E-state index >= 15 is 0 Å². The van der Waals surface area contributed by atoms with Crippen molar-refractivity contribution in [3.63, 3.8) is 0 Å². The molecule has 0 bridgehead atoms. The number of carbonyl (C=O) groups is 4. The summed E-state index contributed by atoms with van der Waals surface area (Å²) in [7, 11) is 0. The van der Waals surface area contributed by atoms with Gasteiger partial charge in [0.25, 0.3) is 11.8 Å². The third-order valence-electron chi connectivity index (χ3n) is 5.30. The van der Waals surface area contributed by atoms with Gasteiger partial charge >= 0.3 is 5.97 Å². The average molecular weight is 484 g/mol. The summed E-state index contributed by atoms with van der Waals surface area (Å²) in [5, 5.41) is 6.33. The lowest BCUT2D eigenvalue weighted by Gasteiger charge is -2.27. The van der Waals surface area contributed by atoms with Crippen molar-refractivity contribution in [1.29, 1.82) is 0 Å². The number of carbonyl (C=O) groups excluding carboxylic acids is 4. The van der Waals surface area contributed by atoms with Gasteiger partial charge in [0.1, 0.15) is 5.00 Å². The number of primary amides is 1. The molecule has 3 N–H and O–H groups in total. The van der Waals surface area contributed by atoms with Crippen molar-refractivity contribution in [3.05, 3.63) is 69.2 Å². The van der Waals surface area contributed by atoms with E-state index in [1.54, 1.807) is 10.3 Å². The number of benzene rings is 1. The Balaban J connectivity index is 1.48. The van der Waals surface area contributed by atoms with E-state index in [9.17, 15) is 19.2 Å². The first-order valence-electron chi connectivity index (χ1n) is 10.1. The van der Waals surface area contributed by atoms with Crippen molar-refractivity contribution in [2.45, 2.75) is 19.4 Å². The molecule has 0 aliphatic carbocycles. The Bertz CT molecular complexity index is 1190. The maximum atomic E-state index is 13.0. The summed E-state index contributed by atoms with van der Waals surface area (Å²) in [6.45, 7) is 1.42. The van der Waals surface area contributed by atoms with Crippen LogP contribution in [0.1, 0.15) is 33.3 Å². The molecule has 170 valence electrons. The number of nitrogens with zero attached hydrogens (tertiary/aromatic N) is 1. The molecule has 8 nitrogen and oxygen atoms in total. The number of aryl methyl sites for hydroxylation is 1. The van der Waals surface area contributed by atoms with Gasteiger partial charge in [-0.2, -0.15) is 0 Å². The molecule has 0 radical (unpaired) electrons. The molecular weight excluding hydrogens is 462 g/mol. The number of esters is 1. The minimum atomic E-state index is -0.756. The van der Waals surface area contributed by atoms with E-state index in [0.717, 1.165) is 21.8 Å². The largest absolute Gasteiger partial charge is 0.455 e. The standard InChI is InChI=1S/C23H21N3O5S2/c1-13-4-6-14(7-5-13)26-19(28)11-16(20(26)17-3-2-9-32-17)23(30)31-12-18(27)25-22-15(21(24)29)8-10-33-22/h2-10,16,20H,11-12H2,1H3,(H2,24,29)(H,25,27). The molecular formula is C23H21N3O5S2. The van der Waals surface area contributed by atoms with Crippen molar-refractivity contribution in [2.75, 3.05) is 16.8 Å². The molecule has 4 rings (SSSR count). The van der Waals surface area contributed by atoms with Gasteiger partial charge in [0.05, 0.1) is 17.5 Å². The van der Waals surface area contributed by atoms with E-state index in [-0.39, 0.29) is 17.9 Å². The molecule has 3 heterocycles. The lowest BCUT2D eigenvalue weighted by molar-refractivity contribution is -0.152. The molecule has 2 atom stereocenters. The fourth-order valence-corrected chi connectivity index (χ4v) is 5.44. The van der Waals surface area contributed by atoms with Crippen LogP contribution < -0.4 is 16.0 Å². The summed E-state index contributed by atoms with van der Waals surface area (Å²) in [5.74, 6) is -2.84. The van der Waals surface area contributed by atoms with Crippen LogP contribution in [0, 0.1) is 12.8 Å². The normalized spacial score (nSPS) is 17.7. The minimum absolute atomic E-state index is 0.0202. The second-order valence-electron chi connectivity index (χ2n) is 7.55. The van der Waals surface area contributed by atoms with Gasteiger partial charge in [-0.05, 0) is 41.9 Å². The second-order valence-corrected chi connectivity index (χ2v) is 9.45. The van der Waals surface area contributed by atoms with Crippen molar-refractivity contribution in [3.8, 4) is 0 Å². The van der Waals surface area contributed by atoms with Gasteiger partial charge in [0.15, 0.2) is 6.61 Å². The second kappa shape index (κ2) is 9.55. The number of ether oxygens (including phenoxy) is 1. The zero-order chi connectivity index (χ0) is 23.5. The van der Waals surface area contributed by atoms with Crippen LogP contribution in [0.2, 0.25) is 0 Å². The Morgan fingerprint density at radius 2 is 1.88 bits per heavy atom. The average Bonchev–Trinajstić information content (AvgIpc) is 3.52. The third-order valence-corrected chi connectivity index (χ3v) is 7.07. The first kappa shape index (κ1) is 22.7. The Morgan fingerprint density at radius 3 is 2.55 bits per heavy atom. The van der Waals surface area contributed by atoms with E-state index in [0.29, 0.717) is 10.7 Å². The quantitative estimate of drug-likeness (QED) is 0.499. The highest BCUT2D eigenvalue weighted by molar-refractivity contribution is 7.14. The summed E-state index contributed by atoms with van der Waals surface area (Å²) in [5.41, 5.74) is 7.23.